The predicted molar refractivity (Wildman–Crippen MR) is 97.6 cm³/mol. The molecule has 0 radical (unpaired) electrons. The van der Waals surface area contributed by atoms with Gasteiger partial charge in [-0.25, -0.2) is 13.8 Å². The molecule has 2 rings (SSSR count). The van der Waals surface area contributed by atoms with Crippen LogP contribution < -0.4 is 21.1 Å². The summed E-state index contributed by atoms with van der Waals surface area (Å²) < 4.78 is 33.0. The lowest BCUT2D eigenvalue weighted by Crippen LogP contribution is -2.11. The van der Waals surface area contributed by atoms with Crippen LogP contribution in [-0.4, -0.2) is 30.3 Å². The highest BCUT2D eigenvalue weighted by molar-refractivity contribution is 6.32. The number of aromatic nitrogens is 2. The Kier molecular flexibility index (Phi) is 6.67. The molecule has 0 aliphatic carbocycles. The first kappa shape index (κ1) is 19.4. The molecule has 1 heterocycles. The van der Waals surface area contributed by atoms with Crippen LogP contribution in [0.15, 0.2) is 35.2 Å². The summed E-state index contributed by atoms with van der Waals surface area (Å²) in [4.78, 5) is 12.0. The van der Waals surface area contributed by atoms with E-state index in [9.17, 15) is 8.78 Å². The minimum absolute atomic E-state index is 0.0593. The molecule has 0 bridgehead atoms. The molecule has 1 aromatic carbocycles. The average molecular weight is 383 g/mol. The van der Waals surface area contributed by atoms with E-state index in [4.69, 9.17) is 22.1 Å². The van der Waals surface area contributed by atoms with Gasteiger partial charge >= 0.3 is 0 Å². The maximum absolute atomic E-state index is 14.2. The number of aliphatic imine (C=N–C) groups is 1. The predicted octanol–water partition coefficient (Wildman–Crippen LogP) is 2.94. The number of nitrogens with two attached hydrogens (primary N) is 1. The molecule has 0 amide bonds. The van der Waals surface area contributed by atoms with Crippen LogP contribution in [0.2, 0.25) is 5.02 Å². The summed E-state index contributed by atoms with van der Waals surface area (Å²) >= 11 is 6.04. The van der Waals surface area contributed by atoms with E-state index in [0.717, 1.165) is 6.07 Å². The van der Waals surface area contributed by atoms with Crippen LogP contribution in [0.25, 0.3) is 0 Å². The number of ether oxygens (including phenoxy) is 1. The van der Waals surface area contributed by atoms with E-state index in [0.29, 0.717) is 5.70 Å². The van der Waals surface area contributed by atoms with E-state index in [1.54, 1.807) is 7.05 Å². The smallest absolute Gasteiger partial charge is 0.229 e. The van der Waals surface area contributed by atoms with Gasteiger partial charge in [0.25, 0.3) is 0 Å². The highest BCUT2D eigenvalue weighted by atomic mass is 35.5. The van der Waals surface area contributed by atoms with Crippen LogP contribution in [0.1, 0.15) is 5.56 Å². The summed E-state index contributed by atoms with van der Waals surface area (Å²) in [6.45, 7) is -0.193. The summed E-state index contributed by atoms with van der Waals surface area (Å²) in [5.74, 6) is -1.20. The van der Waals surface area contributed by atoms with Crippen molar-refractivity contribution < 1.29 is 13.5 Å². The zero-order valence-electron chi connectivity index (χ0n) is 14.1. The fourth-order valence-electron chi connectivity index (χ4n) is 2.00. The summed E-state index contributed by atoms with van der Waals surface area (Å²) in [5.41, 5.74) is 5.73. The third kappa shape index (κ3) is 4.57. The zero-order chi connectivity index (χ0) is 19.1. The molecule has 0 unspecified atom stereocenters. The first-order valence-corrected chi connectivity index (χ1v) is 7.76. The molecule has 0 aliphatic rings. The maximum Gasteiger partial charge on any atom is 0.229 e. The van der Waals surface area contributed by atoms with E-state index in [-0.39, 0.29) is 34.6 Å². The molecule has 0 aliphatic heterocycles. The maximum atomic E-state index is 14.2. The number of nitrogens with zero attached hydrogens (tertiary/aromatic N) is 3. The van der Waals surface area contributed by atoms with E-state index in [2.05, 4.69) is 25.6 Å². The van der Waals surface area contributed by atoms with Gasteiger partial charge in [-0.05, 0) is 12.1 Å². The number of nitrogens with one attached hydrogen (secondary N) is 2. The van der Waals surface area contributed by atoms with Gasteiger partial charge in [0, 0.05) is 31.6 Å². The van der Waals surface area contributed by atoms with E-state index >= 15 is 0 Å². The van der Waals surface area contributed by atoms with Gasteiger partial charge in [-0.1, -0.05) is 11.6 Å². The number of methoxy groups -OCH3 is 1. The number of anilines is 2. The fraction of sp³-hybridized carbons (Fsp3) is 0.188. The summed E-state index contributed by atoms with van der Waals surface area (Å²) in [5, 5.41) is 5.80. The lowest BCUT2D eigenvalue weighted by molar-refractivity contribution is 0.381. The minimum atomic E-state index is -0.795. The quantitative estimate of drug-likeness (QED) is 0.637. The number of allylic oxidation sites excluding steroid dienone is 1. The Morgan fingerprint density at radius 2 is 2.19 bits per heavy atom. The lowest BCUT2D eigenvalue weighted by atomic mass is 10.2. The zero-order valence-corrected chi connectivity index (χ0v) is 14.8. The van der Waals surface area contributed by atoms with Gasteiger partial charge in [0.05, 0.1) is 19.0 Å². The second-order valence-electron chi connectivity index (χ2n) is 4.92. The molecule has 1 aromatic heterocycles. The first-order valence-electron chi connectivity index (χ1n) is 7.38. The van der Waals surface area contributed by atoms with Crippen molar-refractivity contribution in [1.82, 2.24) is 9.97 Å². The molecular weight excluding hydrogens is 366 g/mol. The highest BCUT2D eigenvalue weighted by Crippen LogP contribution is 2.25. The van der Waals surface area contributed by atoms with E-state index in [1.807, 2.05) is 0 Å². The van der Waals surface area contributed by atoms with Gasteiger partial charge < -0.3 is 21.1 Å². The molecule has 0 saturated heterocycles. The average Bonchev–Trinajstić information content (AvgIpc) is 2.63. The molecular formula is C16H17ClF2N6O. The molecule has 0 fully saturated rings. The highest BCUT2D eigenvalue weighted by Gasteiger charge is 2.15. The number of hydrogen-bond donors (Lipinski definition) is 3. The van der Waals surface area contributed by atoms with Crippen LogP contribution in [0.3, 0.4) is 0 Å². The van der Waals surface area contributed by atoms with E-state index < -0.39 is 11.6 Å². The van der Waals surface area contributed by atoms with Crippen molar-refractivity contribution in [3.8, 4) is 5.75 Å². The second kappa shape index (κ2) is 8.95. The van der Waals surface area contributed by atoms with Crippen LogP contribution in [0.4, 0.5) is 20.5 Å². The van der Waals surface area contributed by atoms with Crippen molar-refractivity contribution in [3.05, 3.63) is 52.4 Å². The van der Waals surface area contributed by atoms with E-state index in [1.165, 1.54) is 31.8 Å². The van der Waals surface area contributed by atoms with Gasteiger partial charge in [0.15, 0.2) is 17.4 Å². The summed E-state index contributed by atoms with van der Waals surface area (Å²) in [6.07, 6.45) is 4.11. The molecule has 7 nitrogen and oxygen atoms in total. The largest absolute Gasteiger partial charge is 0.494 e. The second-order valence-corrected chi connectivity index (χ2v) is 5.33. The molecule has 10 heteroatoms. The Hall–Kier alpha value is -2.94. The van der Waals surface area contributed by atoms with Crippen molar-refractivity contribution in [2.45, 2.75) is 6.54 Å². The molecule has 2 aromatic rings. The van der Waals surface area contributed by atoms with Crippen molar-refractivity contribution in [2.75, 3.05) is 24.8 Å². The summed E-state index contributed by atoms with van der Waals surface area (Å²) in [7, 11) is 2.88. The molecule has 0 saturated carbocycles. The Labute approximate surface area is 154 Å². The monoisotopic (exact) mass is 382 g/mol. The molecule has 0 atom stereocenters. The SMILES string of the molecule is CN=C/C(=C\N)Nc1ncc(Cl)c(NCc2c(F)ccc(OC)c2F)n1. The Morgan fingerprint density at radius 1 is 1.42 bits per heavy atom. The van der Waals surface area contributed by atoms with Gasteiger partial charge in [0.1, 0.15) is 10.8 Å². The van der Waals surface area contributed by atoms with Gasteiger partial charge in [-0.3, -0.25) is 4.99 Å². The van der Waals surface area contributed by atoms with Crippen molar-refractivity contribution in [2.24, 2.45) is 10.7 Å². The molecule has 26 heavy (non-hydrogen) atoms. The van der Waals surface area contributed by atoms with Crippen molar-refractivity contribution >= 4 is 29.6 Å². The van der Waals surface area contributed by atoms with Crippen molar-refractivity contribution in [1.29, 1.82) is 0 Å². The summed E-state index contributed by atoms with van der Waals surface area (Å²) in [6, 6.07) is 2.33. The van der Waals surface area contributed by atoms with Gasteiger partial charge in [-0.2, -0.15) is 4.98 Å². The Balaban J connectivity index is 2.21. The fourth-order valence-corrected chi connectivity index (χ4v) is 2.16. The first-order chi connectivity index (χ1) is 12.5. The molecule has 0 spiro atoms. The van der Waals surface area contributed by atoms with Crippen molar-refractivity contribution in [3.63, 3.8) is 0 Å². The molecule has 4 N–H and O–H groups in total. The minimum Gasteiger partial charge on any atom is -0.494 e. The number of halogens is 3. The Morgan fingerprint density at radius 3 is 2.85 bits per heavy atom. The lowest BCUT2D eigenvalue weighted by Gasteiger charge is -2.12. The molecule has 138 valence electrons. The van der Waals surface area contributed by atoms with Gasteiger partial charge in [0.2, 0.25) is 5.95 Å². The standard InChI is InChI=1S/C16H17ClF2N6O/c1-21-6-9(5-20)24-16-23-8-11(17)15(25-16)22-7-10-12(18)3-4-13(26-2)14(10)19/h3-6,8H,7,20H2,1-2H3,(H2,22,23,24,25)/b9-5+,21-6?. The third-order valence-corrected chi connectivity index (χ3v) is 3.53. The van der Waals surface area contributed by atoms with Crippen LogP contribution in [0, 0.1) is 11.6 Å². The van der Waals surface area contributed by atoms with Crippen LogP contribution >= 0.6 is 11.6 Å². The Bertz CT molecular complexity index is 844. The normalized spacial score (nSPS) is 11.7. The number of hydrogen-bond acceptors (Lipinski definition) is 7. The number of rotatable bonds is 7. The topological polar surface area (TPSA) is 97.5 Å². The van der Waals surface area contributed by atoms with Gasteiger partial charge in [-0.15, -0.1) is 0 Å². The third-order valence-electron chi connectivity index (χ3n) is 3.25. The van der Waals surface area contributed by atoms with Crippen LogP contribution in [0.5, 0.6) is 5.75 Å². The number of benzene rings is 1. The van der Waals surface area contributed by atoms with Crippen LogP contribution in [-0.2, 0) is 6.54 Å².